The number of amides is 4. The van der Waals surface area contributed by atoms with Gasteiger partial charge in [-0.05, 0) is 36.2 Å². The summed E-state index contributed by atoms with van der Waals surface area (Å²) in [4.78, 5) is 51.9. The SMILES string of the molecule is CC(=O)c1cc2c(cc1NC(=O)CN1C(=O)N[C@](C)(c3cccc4ccccc34)C1=O)OCO2. The molecule has 9 heteroatoms. The van der Waals surface area contributed by atoms with Crippen molar-refractivity contribution in [3.05, 3.63) is 65.7 Å². The number of anilines is 1. The van der Waals surface area contributed by atoms with Crippen molar-refractivity contribution in [2.75, 3.05) is 18.7 Å². The molecule has 2 aliphatic heterocycles. The van der Waals surface area contributed by atoms with Gasteiger partial charge in [0, 0.05) is 11.6 Å². The summed E-state index contributed by atoms with van der Waals surface area (Å²) in [5, 5.41) is 7.12. The second-order valence-corrected chi connectivity index (χ2v) is 8.33. The molecule has 1 fully saturated rings. The van der Waals surface area contributed by atoms with Crippen LogP contribution in [0.4, 0.5) is 10.5 Å². The predicted molar refractivity (Wildman–Crippen MR) is 123 cm³/mol. The first kappa shape index (κ1) is 21.4. The van der Waals surface area contributed by atoms with Gasteiger partial charge in [-0.2, -0.15) is 0 Å². The number of imide groups is 1. The van der Waals surface area contributed by atoms with Crippen molar-refractivity contribution in [1.82, 2.24) is 10.2 Å². The Balaban J connectivity index is 1.40. The van der Waals surface area contributed by atoms with E-state index in [1.165, 1.54) is 19.1 Å². The molecule has 0 unspecified atom stereocenters. The molecule has 1 atom stereocenters. The third kappa shape index (κ3) is 3.42. The van der Waals surface area contributed by atoms with Crippen molar-refractivity contribution >= 4 is 40.1 Å². The van der Waals surface area contributed by atoms with Crippen molar-refractivity contribution in [3.8, 4) is 11.5 Å². The first-order valence-electron chi connectivity index (χ1n) is 10.6. The van der Waals surface area contributed by atoms with Crippen LogP contribution in [0.1, 0.15) is 29.8 Å². The summed E-state index contributed by atoms with van der Waals surface area (Å²) in [6, 6.07) is 15.4. The van der Waals surface area contributed by atoms with Gasteiger partial charge in [0.15, 0.2) is 17.3 Å². The predicted octanol–water partition coefficient (Wildman–Crippen LogP) is 3.18. The first-order chi connectivity index (χ1) is 16.3. The molecule has 0 bridgehead atoms. The molecule has 4 amide bonds. The van der Waals surface area contributed by atoms with Crippen molar-refractivity contribution in [2.24, 2.45) is 0 Å². The number of fused-ring (bicyclic) bond motifs is 2. The topological polar surface area (TPSA) is 114 Å². The molecule has 0 radical (unpaired) electrons. The molecule has 0 saturated carbocycles. The second kappa shape index (κ2) is 7.87. The van der Waals surface area contributed by atoms with Crippen LogP contribution in [0.5, 0.6) is 11.5 Å². The monoisotopic (exact) mass is 459 g/mol. The number of benzene rings is 3. The van der Waals surface area contributed by atoms with E-state index in [4.69, 9.17) is 9.47 Å². The third-order valence-electron chi connectivity index (χ3n) is 6.07. The molecular weight excluding hydrogens is 438 g/mol. The summed E-state index contributed by atoms with van der Waals surface area (Å²) in [5.41, 5.74) is -0.246. The minimum atomic E-state index is -1.33. The van der Waals surface area contributed by atoms with Crippen LogP contribution < -0.4 is 20.1 Å². The zero-order valence-corrected chi connectivity index (χ0v) is 18.5. The van der Waals surface area contributed by atoms with Crippen molar-refractivity contribution in [3.63, 3.8) is 0 Å². The minimum Gasteiger partial charge on any atom is -0.454 e. The van der Waals surface area contributed by atoms with Gasteiger partial charge in [0.05, 0.1) is 5.69 Å². The lowest BCUT2D eigenvalue weighted by molar-refractivity contribution is -0.133. The van der Waals surface area contributed by atoms with Gasteiger partial charge in [-0.25, -0.2) is 4.79 Å². The van der Waals surface area contributed by atoms with E-state index in [-0.39, 0.29) is 23.8 Å². The minimum absolute atomic E-state index is 0.0132. The quantitative estimate of drug-likeness (QED) is 0.448. The summed E-state index contributed by atoms with van der Waals surface area (Å²) in [6.45, 7) is 2.48. The number of ether oxygens (including phenoxy) is 2. The Morgan fingerprint density at radius 3 is 2.53 bits per heavy atom. The average Bonchev–Trinajstić information content (AvgIpc) is 3.36. The number of ketones is 1. The number of urea groups is 1. The molecule has 3 aromatic rings. The van der Waals surface area contributed by atoms with E-state index in [9.17, 15) is 19.2 Å². The largest absolute Gasteiger partial charge is 0.454 e. The molecule has 1 saturated heterocycles. The molecule has 34 heavy (non-hydrogen) atoms. The number of hydrogen-bond donors (Lipinski definition) is 2. The Morgan fingerprint density at radius 1 is 1.06 bits per heavy atom. The van der Waals surface area contributed by atoms with E-state index >= 15 is 0 Å². The Labute approximate surface area is 194 Å². The van der Waals surface area contributed by atoms with Gasteiger partial charge >= 0.3 is 6.03 Å². The standard InChI is InChI=1S/C25H21N3O6/c1-14(29)17-10-20-21(34-13-33-20)11-19(17)26-22(30)12-28-23(31)25(2,27-24(28)32)18-9-5-7-15-6-3-4-8-16(15)18/h3-11H,12-13H2,1-2H3,(H,26,30)(H,27,32)/t25-/m1/s1. The molecule has 9 nitrogen and oxygen atoms in total. The average molecular weight is 459 g/mol. The lowest BCUT2D eigenvalue weighted by Gasteiger charge is -2.24. The molecule has 0 aliphatic carbocycles. The highest BCUT2D eigenvalue weighted by molar-refractivity contribution is 6.12. The highest BCUT2D eigenvalue weighted by atomic mass is 16.7. The van der Waals surface area contributed by atoms with E-state index in [1.807, 2.05) is 36.4 Å². The number of rotatable bonds is 5. The van der Waals surface area contributed by atoms with Crippen LogP contribution in [-0.2, 0) is 15.1 Å². The Bertz CT molecular complexity index is 1380. The zero-order valence-electron chi connectivity index (χ0n) is 18.5. The molecule has 0 spiro atoms. The molecule has 0 aromatic heterocycles. The fraction of sp³-hybridized carbons (Fsp3) is 0.200. The van der Waals surface area contributed by atoms with Crippen LogP contribution >= 0.6 is 0 Å². The fourth-order valence-corrected chi connectivity index (χ4v) is 4.35. The number of Topliss-reactive ketones (excluding diaryl/α,β-unsaturated/α-hetero) is 1. The van der Waals surface area contributed by atoms with E-state index < -0.39 is 29.9 Å². The summed E-state index contributed by atoms with van der Waals surface area (Å²) >= 11 is 0. The molecule has 2 N–H and O–H groups in total. The smallest absolute Gasteiger partial charge is 0.325 e. The maximum absolute atomic E-state index is 13.4. The van der Waals surface area contributed by atoms with Crippen LogP contribution in [0.2, 0.25) is 0 Å². The zero-order chi connectivity index (χ0) is 24.0. The van der Waals surface area contributed by atoms with E-state index in [2.05, 4.69) is 10.6 Å². The number of nitrogens with one attached hydrogen (secondary N) is 2. The molecular formula is C25H21N3O6. The number of carbonyl (C=O) groups is 4. The maximum atomic E-state index is 13.4. The first-order valence-corrected chi connectivity index (χ1v) is 10.6. The third-order valence-corrected chi connectivity index (χ3v) is 6.07. The van der Waals surface area contributed by atoms with Gasteiger partial charge in [-0.1, -0.05) is 42.5 Å². The van der Waals surface area contributed by atoms with Crippen LogP contribution in [0.3, 0.4) is 0 Å². The lowest BCUT2D eigenvalue weighted by atomic mass is 9.88. The number of hydrogen-bond acceptors (Lipinski definition) is 6. The summed E-state index contributed by atoms with van der Waals surface area (Å²) < 4.78 is 10.6. The highest BCUT2D eigenvalue weighted by Gasteiger charge is 2.50. The van der Waals surface area contributed by atoms with Crippen molar-refractivity contribution in [1.29, 1.82) is 0 Å². The lowest BCUT2D eigenvalue weighted by Crippen LogP contribution is -2.42. The normalized spacial score (nSPS) is 18.8. The summed E-state index contributed by atoms with van der Waals surface area (Å²) in [5.74, 6) is -0.664. The van der Waals surface area contributed by atoms with Gasteiger partial charge in [-0.3, -0.25) is 19.3 Å². The Hall–Kier alpha value is -4.40. The molecule has 3 aromatic carbocycles. The van der Waals surface area contributed by atoms with Gasteiger partial charge in [0.1, 0.15) is 12.1 Å². The van der Waals surface area contributed by atoms with Crippen molar-refractivity contribution in [2.45, 2.75) is 19.4 Å². The van der Waals surface area contributed by atoms with Crippen LogP contribution in [0.15, 0.2) is 54.6 Å². The van der Waals surface area contributed by atoms with Crippen LogP contribution in [-0.4, -0.2) is 41.9 Å². The molecule has 172 valence electrons. The summed E-state index contributed by atoms with van der Waals surface area (Å²) in [7, 11) is 0. The van der Waals surface area contributed by atoms with Gasteiger partial charge in [0.25, 0.3) is 5.91 Å². The van der Waals surface area contributed by atoms with Gasteiger partial charge < -0.3 is 20.1 Å². The van der Waals surface area contributed by atoms with E-state index in [1.54, 1.807) is 13.0 Å². The second-order valence-electron chi connectivity index (χ2n) is 8.33. The Kier molecular flexibility index (Phi) is 4.97. The van der Waals surface area contributed by atoms with Crippen molar-refractivity contribution < 1.29 is 28.7 Å². The molecule has 5 rings (SSSR count). The highest BCUT2D eigenvalue weighted by Crippen LogP contribution is 2.37. The Morgan fingerprint density at radius 2 is 1.76 bits per heavy atom. The van der Waals surface area contributed by atoms with E-state index in [0.29, 0.717) is 17.1 Å². The number of carbonyl (C=O) groups excluding carboxylic acids is 4. The van der Waals surface area contributed by atoms with E-state index in [0.717, 1.165) is 15.7 Å². The van der Waals surface area contributed by atoms with Crippen LogP contribution in [0.25, 0.3) is 10.8 Å². The fourth-order valence-electron chi connectivity index (χ4n) is 4.35. The van der Waals surface area contributed by atoms with Gasteiger partial charge in [-0.15, -0.1) is 0 Å². The summed E-state index contributed by atoms with van der Waals surface area (Å²) in [6.07, 6.45) is 0. The number of nitrogens with zero attached hydrogens (tertiary/aromatic N) is 1. The molecule has 2 heterocycles. The van der Waals surface area contributed by atoms with Gasteiger partial charge in [0.2, 0.25) is 12.7 Å². The maximum Gasteiger partial charge on any atom is 0.325 e. The van der Waals surface area contributed by atoms with Crippen LogP contribution in [0, 0.1) is 0 Å². The molecule has 2 aliphatic rings.